The Balaban J connectivity index is 1.22. The van der Waals surface area contributed by atoms with Gasteiger partial charge in [0.1, 0.15) is 5.01 Å². The molecule has 3 aromatic carbocycles. The zero-order chi connectivity index (χ0) is 23.3. The second-order valence-electron chi connectivity index (χ2n) is 8.32. The van der Waals surface area contributed by atoms with Crippen molar-refractivity contribution < 1.29 is 9.59 Å². The fraction of sp³-hybridized carbons (Fsp3) is 0.179. The Kier molecular flexibility index (Phi) is 6.60. The zero-order valence-electron chi connectivity index (χ0n) is 18.8. The summed E-state index contributed by atoms with van der Waals surface area (Å²) in [6.45, 7) is 3.58. The van der Waals surface area contributed by atoms with Crippen molar-refractivity contribution >= 4 is 23.0 Å². The van der Waals surface area contributed by atoms with Gasteiger partial charge < -0.3 is 4.90 Å². The molecule has 34 heavy (non-hydrogen) atoms. The van der Waals surface area contributed by atoms with Gasteiger partial charge in [0, 0.05) is 54.8 Å². The van der Waals surface area contributed by atoms with Crippen LogP contribution in [0.2, 0.25) is 0 Å². The highest BCUT2D eigenvalue weighted by molar-refractivity contribution is 7.13. The second-order valence-corrected chi connectivity index (χ2v) is 9.18. The first-order valence-corrected chi connectivity index (χ1v) is 12.3. The molecule has 0 N–H and O–H groups in total. The number of carbonyl (C=O) groups excluding carboxylic acids is 2. The Labute approximate surface area is 203 Å². The van der Waals surface area contributed by atoms with E-state index in [1.807, 2.05) is 53.4 Å². The molecule has 0 radical (unpaired) electrons. The summed E-state index contributed by atoms with van der Waals surface area (Å²) >= 11 is 1.66. The maximum Gasteiger partial charge on any atom is 0.254 e. The van der Waals surface area contributed by atoms with E-state index in [1.165, 1.54) is 0 Å². The molecular formula is C28H25N3O2S. The van der Waals surface area contributed by atoms with E-state index >= 15 is 0 Å². The van der Waals surface area contributed by atoms with Gasteiger partial charge in [0.05, 0.1) is 11.3 Å². The van der Waals surface area contributed by atoms with Gasteiger partial charge in [-0.2, -0.15) is 0 Å². The van der Waals surface area contributed by atoms with Gasteiger partial charge in [0.25, 0.3) is 5.91 Å². The van der Waals surface area contributed by atoms with E-state index in [1.54, 1.807) is 35.6 Å². The van der Waals surface area contributed by atoms with Crippen molar-refractivity contribution in [1.82, 2.24) is 14.8 Å². The van der Waals surface area contributed by atoms with Gasteiger partial charge in [-0.25, -0.2) is 4.98 Å². The second kappa shape index (κ2) is 10.1. The smallest absolute Gasteiger partial charge is 0.254 e. The van der Waals surface area contributed by atoms with Crippen LogP contribution in [0.4, 0.5) is 0 Å². The van der Waals surface area contributed by atoms with Crippen LogP contribution in [0.15, 0.2) is 90.3 Å². The number of carbonyl (C=O) groups is 2. The first-order chi connectivity index (χ1) is 16.7. The Bertz CT molecular complexity index is 1280. The minimum absolute atomic E-state index is 0.0837. The molecule has 1 aliphatic rings. The number of nitrogens with zero attached hydrogens (tertiary/aromatic N) is 3. The van der Waals surface area contributed by atoms with Crippen LogP contribution in [-0.2, 0) is 6.54 Å². The van der Waals surface area contributed by atoms with Crippen molar-refractivity contribution in [1.29, 1.82) is 0 Å². The van der Waals surface area contributed by atoms with E-state index in [0.29, 0.717) is 29.8 Å². The summed E-state index contributed by atoms with van der Waals surface area (Å²) in [5, 5.41) is 3.15. The van der Waals surface area contributed by atoms with E-state index in [9.17, 15) is 9.59 Å². The van der Waals surface area contributed by atoms with Gasteiger partial charge in [-0.05, 0) is 6.07 Å². The Morgan fingerprint density at radius 2 is 1.38 bits per heavy atom. The van der Waals surface area contributed by atoms with Crippen LogP contribution in [0.25, 0.3) is 10.6 Å². The predicted molar refractivity (Wildman–Crippen MR) is 135 cm³/mol. The molecule has 170 valence electrons. The average molecular weight is 468 g/mol. The molecule has 0 atom stereocenters. The van der Waals surface area contributed by atoms with Crippen LogP contribution in [0, 0.1) is 0 Å². The van der Waals surface area contributed by atoms with E-state index in [0.717, 1.165) is 35.9 Å². The van der Waals surface area contributed by atoms with Crippen molar-refractivity contribution in [3.05, 3.63) is 113 Å². The van der Waals surface area contributed by atoms with Crippen molar-refractivity contribution in [2.75, 3.05) is 26.2 Å². The summed E-state index contributed by atoms with van der Waals surface area (Å²) in [5.74, 6) is -0.208. The summed E-state index contributed by atoms with van der Waals surface area (Å²) in [6, 6.07) is 26.4. The molecule has 6 heteroatoms. The summed E-state index contributed by atoms with van der Waals surface area (Å²) in [6.07, 6.45) is 0. The van der Waals surface area contributed by atoms with Crippen molar-refractivity contribution in [2.45, 2.75) is 6.54 Å². The molecule has 5 nitrogen and oxygen atoms in total. The van der Waals surface area contributed by atoms with E-state index in [2.05, 4.69) is 22.4 Å². The van der Waals surface area contributed by atoms with Gasteiger partial charge >= 0.3 is 0 Å². The molecule has 0 aliphatic carbocycles. The minimum Gasteiger partial charge on any atom is -0.336 e. The largest absolute Gasteiger partial charge is 0.336 e. The van der Waals surface area contributed by atoms with Crippen molar-refractivity contribution in [3.63, 3.8) is 0 Å². The SMILES string of the molecule is O=C(c1ccccc1)c1ccccc1C(=O)N1CCN(Cc2csc(-c3ccccc3)n2)CC1. The third-order valence-corrected chi connectivity index (χ3v) is 7.00. The predicted octanol–water partition coefficient (Wildman–Crippen LogP) is 5.00. The Morgan fingerprint density at radius 3 is 2.09 bits per heavy atom. The van der Waals surface area contributed by atoms with Gasteiger partial charge in [0.2, 0.25) is 0 Å². The summed E-state index contributed by atoms with van der Waals surface area (Å²) in [4.78, 5) is 35.3. The maximum absolute atomic E-state index is 13.3. The standard InChI is InChI=1S/C28H25N3O2S/c32-26(21-9-3-1-4-10-21)24-13-7-8-14-25(24)28(33)31-17-15-30(16-18-31)19-23-20-34-27(29-23)22-11-5-2-6-12-22/h1-14,20H,15-19H2. The highest BCUT2D eigenvalue weighted by Crippen LogP contribution is 2.24. The van der Waals surface area contributed by atoms with Gasteiger partial charge in [-0.3, -0.25) is 14.5 Å². The van der Waals surface area contributed by atoms with Crippen LogP contribution < -0.4 is 0 Å². The fourth-order valence-electron chi connectivity index (χ4n) is 4.21. The number of rotatable bonds is 6. The molecule has 5 rings (SSSR count). The zero-order valence-corrected chi connectivity index (χ0v) is 19.6. The quantitative estimate of drug-likeness (QED) is 0.375. The van der Waals surface area contributed by atoms with Crippen LogP contribution in [0.1, 0.15) is 32.0 Å². The van der Waals surface area contributed by atoms with E-state index in [4.69, 9.17) is 4.98 Å². The molecule has 0 unspecified atom stereocenters. The number of amides is 1. The monoisotopic (exact) mass is 467 g/mol. The highest BCUT2D eigenvalue weighted by Gasteiger charge is 2.26. The lowest BCUT2D eigenvalue weighted by atomic mass is 9.97. The lowest BCUT2D eigenvalue weighted by molar-refractivity contribution is 0.0624. The van der Waals surface area contributed by atoms with E-state index in [-0.39, 0.29) is 11.7 Å². The van der Waals surface area contributed by atoms with E-state index < -0.39 is 0 Å². The summed E-state index contributed by atoms with van der Waals surface area (Å²) in [5.41, 5.74) is 3.71. The number of thiazole rings is 1. The highest BCUT2D eigenvalue weighted by atomic mass is 32.1. The molecule has 1 amide bonds. The first-order valence-electron chi connectivity index (χ1n) is 11.4. The normalized spacial score (nSPS) is 14.2. The molecule has 0 bridgehead atoms. The Hall–Kier alpha value is -3.61. The molecular weight excluding hydrogens is 442 g/mol. The summed E-state index contributed by atoms with van der Waals surface area (Å²) in [7, 11) is 0. The number of piperazine rings is 1. The average Bonchev–Trinajstić information content (AvgIpc) is 3.38. The molecule has 1 aliphatic heterocycles. The number of benzene rings is 3. The van der Waals surface area contributed by atoms with Gasteiger partial charge in [0.15, 0.2) is 5.78 Å². The van der Waals surface area contributed by atoms with Crippen molar-refractivity contribution in [3.8, 4) is 10.6 Å². The molecule has 4 aromatic rings. The molecule has 0 spiro atoms. The molecule has 0 saturated carbocycles. The minimum atomic E-state index is -0.124. The van der Waals surface area contributed by atoms with Gasteiger partial charge in [-0.1, -0.05) is 78.9 Å². The molecule has 2 heterocycles. The number of hydrogen-bond donors (Lipinski definition) is 0. The number of ketones is 1. The van der Waals surface area contributed by atoms with Crippen LogP contribution in [0.5, 0.6) is 0 Å². The summed E-state index contributed by atoms with van der Waals surface area (Å²) < 4.78 is 0. The third-order valence-electron chi connectivity index (χ3n) is 6.06. The first kappa shape index (κ1) is 22.2. The fourth-order valence-corrected chi connectivity index (χ4v) is 5.03. The van der Waals surface area contributed by atoms with Gasteiger partial charge in [-0.15, -0.1) is 11.3 Å². The lowest BCUT2D eigenvalue weighted by Gasteiger charge is -2.34. The number of aromatic nitrogens is 1. The molecule has 1 saturated heterocycles. The van der Waals surface area contributed by atoms with Crippen LogP contribution in [-0.4, -0.2) is 52.7 Å². The topological polar surface area (TPSA) is 53.5 Å². The van der Waals surface area contributed by atoms with Crippen molar-refractivity contribution in [2.24, 2.45) is 0 Å². The third kappa shape index (κ3) is 4.83. The maximum atomic E-state index is 13.3. The van der Waals surface area contributed by atoms with Crippen LogP contribution >= 0.6 is 11.3 Å². The molecule has 1 aromatic heterocycles. The van der Waals surface area contributed by atoms with Crippen LogP contribution in [0.3, 0.4) is 0 Å². The Morgan fingerprint density at radius 1 is 0.765 bits per heavy atom. The number of hydrogen-bond acceptors (Lipinski definition) is 5. The molecule has 1 fully saturated rings. The lowest BCUT2D eigenvalue weighted by Crippen LogP contribution is -2.48.